The Morgan fingerprint density at radius 2 is 2.20 bits per heavy atom. The van der Waals surface area contributed by atoms with Gasteiger partial charge in [-0.3, -0.25) is 4.79 Å². The van der Waals surface area contributed by atoms with Gasteiger partial charge in [0, 0.05) is 12.0 Å². The van der Waals surface area contributed by atoms with E-state index in [4.69, 9.17) is 9.47 Å². The van der Waals surface area contributed by atoms with Crippen LogP contribution in [0, 0.1) is 5.41 Å². The van der Waals surface area contributed by atoms with E-state index in [1.54, 1.807) is 33.8 Å². The lowest BCUT2D eigenvalue weighted by Gasteiger charge is -2.11. The van der Waals surface area contributed by atoms with Crippen LogP contribution in [0.5, 0.6) is 0 Å². The molecular weight excluding hydrogens is 196 g/mol. The highest BCUT2D eigenvalue weighted by atomic mass is 16.7. The molecule has 1 saturated heterocycles. The summed E-state index contributed by atoms with van der Waals surface area (Å²) in [5.41, 5.74) is -0.0508. The summed E-state index contributed by atoms with van der Waals surface area (Å²) in [6, 6.07) is 0. The smallest absolute Gasteiger partial charge is 0.336 e. The molecule has 84 valence electrons. The Bertz CT molecular complexity index is 315. The molecule has 0 aromatic carbocycles. The summed E-state index contributed by atoms with van der Waals surface area (Å²) >= 11 is 0. The van der Waals surface area contributed by atoms with Crippen molar-refractivity contribution in [2.24, 2.45) is 5.41 Å². The van der Waals surface area contributed by atoms with Crippen LogP contribution < -0.4 is 0 Å². The van der Waals surface area contributed by atoms with Crippen LogP contribution in [0.3, 0.4) is 0 Å². The minimum Gasteiger partial charge on any atom is -0.425 e. The zero-order valence-electron chi connectivity index (χ0n) is 9.49. The molecular formula is C11H16O4. The Labute approximate surface area is 89.2 Å². The third kappa shape index (κ3) is 2.58. The topological polar surface area (TPSA) is 52.6 Å². The lowest BCUT2D eigenvalue weighted by molar-refractivity contribution is -0.174. The second kappa shape index (κ2) is 4.04. The Morgan fingerprint density at radius 3 is 2.60 bits per heavy atom. The average Bonchev–Trinajstić information content (AvgIpc) is 2.39. The van der Waals surface area contributed by atoms with E-state index < -0.39 is 17.7 Å². The van der Waals surface area contributed by atoms with Gasteiger partial charge in [0.1, 0.15) is 0 Å². The lowest BCUT2D eigenvalue weighted by atomic mass is 9.92. The summed E-state index contributed by atoms with van der Waals surface area (Å²) in [5, 5.41) is 0. The highest BCUT2D eigenvalue weighted by Gasteiger charge is 2.43. The average molecular weight is 212 g/mol. The normalized spacial score (nSPS) is 24.9. The minimum atomic E-state index is -0.741. The molecule has 4 heteroatoms. The van der Waals surface area contributed by atoms with Crippen molar-refractivity contribution in [3.8, 4) is 0 Å². The van der Waals surface area contributed by atoms with Gasteiger partial charge < -0.3 is 9.47 Å². The van der Waals surface area contributed by atoms with E-state index in [0.29, 0.717) is 12.0 Å². The first-order valence-corrected chi connectivity index (χ1v) is 4.92. The van der Waals surface area contributed by atoms with Gasteiger partial charge in [-0.25, -0.2) is 4.79 Å². The van der Waals surface area contributed by atoms with Crippen LogP contribution in [0.15, 0.2) is 11.6 Å². The number of rotatable bonds is 2. The van der Waals surface area contributed by atoms with Crippen LogP contribution >= 0.6 is 0 Å². The molecule has 0 aliphatic carbocycles. The third-order valence-corrected chi connectivity index (χ3v) is 2.46. The number of allylic oxidation sites excluding steroid dienone is 1. The molecule has 0 aromatic heterocycles. The maximum Gasteiger partial charge on any atom is 0.336 e. The SMILES string of the molecule is CC=C(C)C(=O)OC1CC(C)(C)C(=O)O1. The second-order valence-corrected chi connectivity index (χ2v) is 4.30. The fraction of sp³-hybridized carbons (Fsp3) is 0.636. The molecule has 1 unspecified atom stereocenters. The van der Waals surface area contributed by atoms with Gasteiger partial charge in [0.2, 0.25) is 6.29 Å². The fourth-order valence-corrected chi connectivity index (χ4v) is 1.22. The molecule has 1 aliphatic rings. The molecule has 1 aliphatic heterocycles. The maximum absolute atomic E-state index is 11.4. The Balaban J connectivity index is 2.57. The first-order chi connectivity index (χ1) is 6.86. The minimum absolute atomic E-state index is 0.321. The quantitative estimate of drug-likeness (QED) is 0.517. The van der Waals surface area contributed by atoms with Gasteiger partial charge in [-0.05, 0) is 27.7 Å². The van der Waals surface area contributed by atoms with Gasteiger partial charge in [-0.1, -0.05) is 6.08 Å². The van der Waals surface area contributed by atoms with Crippen LogP contribution in [0.4, 0.5) is 0 Å². The van der Waals surface area contributed by atoms with Crippen molar-refractivity contribution in [3.05, 3.63) is 11.6 Å². The predicted octanol–water partition coefficient (Wildman–Crippen LogP) is 1.79. The van der Waals surface area contributed by atoms with Crippen LogP contribution in [0.1, 0.15) is 34.1 Å². The van der Waals surface area contributed by atoms with E-state index in [1.165, 1.54) is 0 Å². The van der Waals surface area contributed by atoms with Crippen LogP contribution in [0.25, 0.3) is 0 Å². The van der Waals surface area contributed by atoms with Crippen molar-refractivity contribution in [2.45, 2.75) is 40.4 Å². The van der Waals surface area contributed by atoms with E-state index in [-0.39, 0.29) is 5.97 Å². The highest BCUT2D eigenvalue weighted by Crippen LogP contribution is 2.33. The lowest BCUT2D eigenvalue weighted by Crippen LogP contribution is -2.18. The van der Waals surface area contributed by atoms with Crippen LogP contribution in [-0.4, -0.2) is 18.2 Å². The highest BCUT2D eigenvalue weighted by molar-refractivity contribution is 5.88. The number of carbonyl (C=O) groups excluding carboxylic acids is 2. The van der Waals surface area contributed by atoms with E-state index in [9.17, 15) is 9.59 Å². The number of cyclic esters (lactones) is 1. The fourth-order valence-electron chi connectivity index (χ4n) is 1.22. The molecule has 0 N–H and O–H groups in total. The van der Waals surface area contributed by atoms with Crippen molar-refractivity contribution < 1.29 is 19.1 Å². The van der Waals surface area contributed by atoms with E-state index in [0.717, 1.165) is 0 Å². The van der Waals surface area contributed by atoms with E-state index in [1.807, 2.05) is 0 Å². The number of hydrogen-bond donors (Lipinski definition) is 0. The van der Waals surface area contributed by atoms with Crippen LogP contribution in [0.2, 0.25) is 0 Å². The van der Waals surface area contributed by atoms with Gasteiger partial charge in [0.05, 0.1) is 5.41 Å². The van der Waals surface area contributed by atoms with Gasteiger partial charge >= 0.3 is 11.9 Å². The Kier molecular flexibility index (Phi) is 3.17. The number of esters is 2. The zero-order chi connectivity index (χ0) is 11.6. The molecule has 0 saturated carbocycles. The standard InChI is InChI=1S/C11H16O4/c1-5-7(2)9(12)14-8-6-11(3,4)10(13)15-8/h5,8H,6H2,1-4H3. The molecule has 15 heavy (non-hydrogen) atoms. The predicted molar refractivity (Wildman–Crippen MR) is 53.8 cm³/mol. The van der Waals surface area contributed by atoms with E-state index in [2.05, 4.69) is 0 Å². The summed E-state index contributed by atoms with van der Waals surface area (Å²) in [4.78, 5) is 22.7. The first-order valence-electron chi connectivity index (χ1n) is 4.92. The molecule has 0 aromatic rings. The third-order valence-electron chi connectivity index (χ3n) is 2.46. The van der Waals surface area contributed by atoms with Crippen molar-refractivity contribution in [2.75, 3.05) is 0 Å². The summed E-state index contributed by atoms with van der Waals surface area (Å²) < 4.78 is 9.95. The summed E-state index contributed by atoms with van der Waals surface area (Å²) in [5.74, 6) is -0.758. The molecule has 1 fully saturated rings. The number of carbonyl (C=O) groups is 2. The Morgan fingerprint density at radius 1 is 1.60 bits per heavy atom. The largest absolute Gasteiger partial charge is 0.425 e. The monoisotopic (exact) mass is 212 g/mol. The van der Waals surface area contributed by atoms with E-state index >= 15 is 0 Å². The van der Waals surface area contributed by atoms with Crippen molar-refractivity contribution >= 4 is 11.9 Å². The van der Waals surface area contributed by atoms with Crippen molar-refractivity contribution in [1.82, 2.24) is 0 Å². The van der Waals surface area contributed by atoms with Gasteiger partial charge in [-0.2, -0.15) is 0 Å². The first kappa shape index (κ1) is 11.8. The molecule has 0 spiro atoms. The molecule has 0 bridgehead atoms. The zero-order valence-corrected chi connectivity index (χ0v) is 9.49. The van der Waals surface area contributed by atoms with Crippen LogP contribution in [-0.2, 0) is 19.1 Å². The summed E-state index contributed by atoms with van der Waals surface area (Å²) in [6.45, 7) is 6.95. The molecule has 1 atom stereocenters. The number of hydrogen-bond acceptors (Lipinski definition) is 4. The summed E-state index contributed by atoms with van der Waals surface area (Å²) in [6.07, 6.45) is 1.33. The molecule has 4 nitrogen and oxygen atoms in total. The summed E-state index contributed by atoms with van der Waals surface area (Å²) in [7, 11) is 0. The van der Waals surface area contributed by atoms with Crippen molar-refractivity contribution in [3.63, 3.8) is 0 Å². The second-order valence-electron chi connectivity index (χ2n) is 4.30. The number of ether oxygens (including phenoxy) is 2. The van der Waals surface area contributed by atoms with Crippen molar-refractivity contribution in [1.29, 1.82) is 0 Å². The van der Waals surface area contributed by atoms with Gasteiger partial charge in [0.25, 0.3) is 0 Å². The van der Waals surface area contributed by atoms with Gasteiger partial charge in [0.15, 0.2) is 0 Å². The molecule has 0 amide bonds. The van der Waals surface area contributed by atoms with Gasteiger partial charge in [-0.15, -0.1) is 0 Å². The maximum atomic E-state index is 11.4. The molecule has 1 heterocycles. The molecule has 0 radical (unpaired) electrons. The Hall–Kier alpha value is -1.32. The molecule has 1 rings (SSSR count).